The zero-order valence-corrected chi connectivity index (χ0v) is 10.7. The van der Waals surface area contributed by atoms with E-state index in [0.29, 0.717) is 5.56 Å². The molecular weight excluding hydrogens is 272 g/mol. The molecule has 0 radical (unpaired) electrons. The van der Waals surface area contributed by atoms with Crippen LogP contribution in [0.4, 0.5) is 5.69 Å². The van der Waals surface area contributed by atoms with Crippen molar-refractivity contribution in [3.05, 3.63) is 44.5 Å². The van der Waals surface area contributed by atoms with Gasteiger partial charge in [0.05, 0.1) is 11.5 Å². The molecule has 0 aliphatic rings. The van der Waals surface area contributed by atoms with Gasteiger partial charge in [-0.25, -0.2) is 4.79 Å². The highest BCUT2D eigenvalue weighted by Gasteiger charge is 2.14. The second-order valence-electron chi connectivity index (χ2n) is 3.36. The van der Waals surface area contributed by atoms with Gasteiger partial charge in [-0.2, -0.15) is 5.26 Å². The smallest absolute Gasteiger partial charge is 0.348 e. The number of hydrogen-bond acceptors (Lipinski definition) is 5. The molecule has 0 spiro atoms. The second-order valence-corrected chi connectivity index (χ2v) is 3.77. The second kappa shape index (κ2) is 6.52. The van der Waals surface area contributed by atoms with Crippen LogP contribution in [-0.2, 0) is 9.53 Å². The van der Waals surface area contributed by atoms with Gasteiger partial charge in [0.1, 0.15) is 16.7 Å². The molecule has 0 heterocycles. The molecule has 1 aromatic rings. The number of carbonyl (C=O) groups excluding carboxylic acids is 1. The van der Waals surface area contributed by atoms with Crippen molar-refractivity contribution < 1.29 is 14.5 Å². The lowest BCUT2D eigenvalue weighted by Crippen LogP contribution is -2.06. The van der Waals surface area contributed by atoms with Gasteiger partial charge in [-0.3, -0.25) is 10.1 Å². The highest BCUT2D eigenvalue weighted by Crippen LogP contribution is 2.26. The summed E-state index contributed by atoms with van der Waals surface area (Å²) in [6.45, 7) is 1.75. The molecule has 0 aliphatic heterocycles. The van der Waals surface area contributed by atoms with Crippen LogP contribution in [0.15, 0.2) is 23.8 Å². The topological polar surface area (TPSA) is 93.2 Å². The standard InChI is InChI=1S/C12H9ClN2O4/c1-2-19-12(16)9(7-14)5-8-3-4-10(13)11(6-8)15(17)18/h3-6H,2H2,1H3/b9-5-. The maximum absolute atomic E-state index is 11.4. The number of rotatable bonds is 4. The molecule has 1 aromatic carbocycles. The Kier molecular flexibility index (Phi) is 5.03. The third-order valence-electron chi connectivity index (χ3n) is 2.09. The Hall–Kier alpha value is -2.39. The zero-order chi connectivity index (χ0) is 14.4. The SMILES string of the molecule is CCOC(=O)/C(C#N)=C\c1ccc(Cl)c([N+](=O)[O-])c1. The van der Waals surface area contributed by atoms with E-state index in [-0.39, 0.29) is 22.9 Å². The number of nitro benzene ring substituents is 1. The fraction of sp³-hybridized carbons (Fsp3) is 0.167. The monoisotopic (exact) mass is 280 g/mol. The first-order valence-corrected chi connectivity index (χ1v) is 5.60. The number of esters is 1. The molecular formula is C12H9ClN2O4. The lowest BCUT2D eigenvalue weighted by atomic mass is 10.1. The Morgan fingerprint density at radius 3 is 2.84 bits per heavy atom. The fourth-order valence-electron chi connectivity index (χ4n) is 1.27. The van der Waals surface area contributed by atoms with Gasteiger partial charge in [0.25, 0.3) is 5.69 Å². The highest BCUT2D eigenvalue weighted by molar-refractivity contribution is 6.32. The Morgan fingerprint density at radius 1 is 1.63 bits per heavy atom. The summed E-state index contributed by atoms with van der Waals surface area (Å²) in [6.07, 6.45) is 1.21. The van der Waals surface area contributed by atoms with Gasteiger partial charge in [0.15, 0.2) is 0 Å². The summed E-state index contributed by atoms with van der Waals surface area (Å²) in [7, 11) is 0. The lowest BCUT2D eigenvalue weighted by molar-refractivity contribution is -0.384. The minimum atomic E-state index is -0.775. The van der Waals surface area contributed by atoms with E-state index in [9.17, 15) is 14.9 Å². The van der Waals surface area contributed by atoms with Crippen LogP contribution in [0.3, 0.4) is 0 Å². The largest absolute Gasteiger partial charge is 0.462 e. The molecule has 0 saturated carbocycles. The summed E-state index contributed by atoms with van der Waals surface area (Å²) in [5, 5.41) is 19.5. The number of nitrogens with zero attached hydrogens (tertiary/aromatic N) is 2. The summed E-state index contributed by atoms with van der Waals surface area (Å²) in [4.78, 5) is 21.5. The maximum atomic E-state index is 11.4. The molecule has 7 heteroatoms. The molecule has 98 valence electrons. The van der Waals surface area contributed by atoms with Crippen LogP contribution < -0.4 is 0 Å². The first-order chi connectivity index (χ1) is 8.99. The minimum absolute atomic E-state index is 0.0169. The van der Waals surface area contributed by atoms with Gasteiger partial charge < -0.3 is 4.74 Å². The molecule has 0 fully saturated rings. The summed E-state index contributed by atoms with van der Waals surface area (Å²) in [5.74, 6) is -0.775. The maximum Gasteiger partial charge on any atom is 0.348 e. The van der Waals surface area contributed by atoms with Crippen molar-refractivity contribution >= 4 is 29.3 Å². The van der Waals surface area contributed by atoms with Gasteiger partial charge in [-0.15, -0.1) is 0 Å². The van der Waals surface area contributed by atoms with Gasteiger partial charge in [0, 0.05) is 6.07 Å². The third kappa shape index (κ3) is 3.79. The van der Waals surface area contributed by atoms with Crippen molar-refractivity contribution in [1.29, 1.82) is 5.26 Å². The molecule has 0 N–H and O–H groups in total. The van der Waals surface area contributed by atoms with E-state index < -0.39 is 10.9 Å². The van der Waals surface area contributed by atoms with E-state index in [1.165, 1.54) is 24.3 Å². The molecule has 0 bridgehead atoms. The Morgan fingerprint density at radius 2 is 2.32 bits per heavy atom. The van der Waals surface area contributed by atoms with E-state index >= 15 is 0 Å². The van der Waals surface area contributed by atoms with E-state index in [4.69, 9.17) is 16.9 Å². The number of hydrogen-bond donors (Lipinski definition) is 0. The van der Waals surface area contributed by atoms with E-state index in [1.807, 2.05) is 0 Å². The molecule has 0 aliphatic carbocycles. The summed E-state index contributed by atoms with van der Waals surface area (Å²) in [6, 6.07) is 5.65. The predicted octanol–water partition coefficient (Wildman–Crippen LogP) is 2.72. The van der Waals surface area contributed by atoms with Crippen molar-refractivity contribution in [3.8, 4) is 6.07 Å². The van der Waals surface area contributed by atoms with Crippen molar-refractivity contribution in [2.45, 2.75) is 6.92 Å². The van der Waals surface area contributed by atoms with E-state index in [1.54, 1.807) is 13.0 Å². The summed E-state index contributed by atoms with van der Waals surface area (Å²) >= 11 is 5.65. The molecule has 1 rings (SSSR count). The summed E-state index contributed by atoms with van der Waals surface area (Å²) in [5.41, 5.74) is -0.212. The van der Waals surface area contributed by atoms with Crippen LogP contribution in [0.1, 0.15) is 12.5 Å². The number of carbonyl (C=O) groups is 1. The van der Waals surface area contributed by atoms with Crippen LogP contribution in [0.25, 0.3) is 6.08 Å². The number of ether oxygens (including phenoxy) is 1. The minimum Gasteiger partial charge on any atom is -0.462 e. The van der Waals surface area contributed by atoms with Crippen molar-refractivity contribution in [1.82, 2.24) is 0 Å². The molecule has 0 saturated heterocycles. The first-order valence-electron chi connectivity index (χ1n) is 5.22. The van der Waals surface area contributed by atoms with Crippen LogP contribution in [0.5, 0.6) is 0 Å². The average molecular weight is 281 g/mol. The number of nitro groups is 1. The molecule has 0 atom stereocenters. The molecule has 0 unspecified atom stereocenters. The van der Waals surface area contributed by atoms with E-state index in [0.717, 1.165) is 0 Å². The Labute approximate surface area is 114 Å². The fourth-order valence-corrected chi connectivity index (χ4v) is 1.46. The van der Waals surface area contributed by atoms with Gasteiger partial charge in [-0.05, 0) is 24.6 Å². The van der Waals surface area contributed by atoms with Gasteiger partial charge >= 0.3 is 5.97 Å². The van der Waals surface area contributed by atoms with Crippen LogP contribution in [-0.4, -0.2) is 17.5 Å². The molecule has 0 aromatic heterocycles. The molecule has 19 heavy (non-hydrogen) atoms. The lowest BCUT2D eigenvalue weighted by Gasteiger charge is -2.00. The number of benzene rings is 1. The van der Waals surface area contributed by atoms with Gasteiger partial charge in [-0.1, -0.05) is 17.7 Å². The predicted molar refractivity (Wildman–Crippen MR) is 68.3 cm³/mol. The van der Waals surface area contributed by atoms with Crippen molar-refractivity contribution in [2.75, 3.05) is 6.61 Å². The average Bonchev–Trinajstić information content (AvgIpc) is 2.37. The number of halogens is 1. The first kappa shape index (κ1) is 14.7. The van der Waals surface area contributed by atoms with Crippen LogP contribution >= 0.6 is 11.6 Å². The summed E-state index contributed by atoms with van der Waals surface area (Å²) < 4.78 is 4.68. The highest BCUT2D eigenvalue weighted by atomic mass is 35.5. The van der Waals surface area contributed by atoms with Crippen LogP contribution in [0.2, 0.25) is 5.02 Å². The molecule has 6 nitrogen and oxygen atoms in total. The Balaban J connectivity index is 3.17. The normalized spacial score (nSPS) is 10.7. The quantitative estimate of drug-likeness (QED) is 0.278. The van der Waals surface area contributed by atoms with Crippen molar-refractivity contribution in [2.24, 2.45) is 0 Å². The van der Waals surface area contributed by atoms with Crippen molar-refractivity contribution in [3.63, 3.8) is 0 Å². The van der Waals surface area contributed by atoms with Crippen LogP contribution in [0, 0.1) is 21.4 Å². The zero-order valence-electron chi connectivity index (χ0n) is 9.92. The third-order valence-corrected chi connectivity index (χ3v) is 2.41. The van der Waals surface area contributed by atoms with E-state index in [2.05, 4.69) is 4.74 Å². The van der Waals surface area contributed by atoms with Gasteiger partial charge in [0.2, 0.25) is 0 Å². The molecule has 0 amide bonds. The Bertz CT molecular complexity index is 590. The number of nitriles is 1.